The van der Waals surface area contributed by atoms with Gasteiger partial charge in [-0.2, -0.15) is 0 Å². The number of halogens is 1. The Morgan fingerprint density at radius 1 is 1.04 bits per heavy atom. The molecule has 4 aromatic rings. The molecule has 0 aliphatic rings. The van der Waals surface area contributed by atoms with Gasteiger partial charge in [0.15, 0.2) is 0 Å². The Morgan fingerprint density at radius 3 is 2.50 bits per heavy atom. The van der Waals surface area contributed by atoms with E-state index in [9.17, 15) is 9.18 Å². The number of nitrogens with zero attached hydrogens (tertiary/aromatic N) is 4. The molecule has 2 heterocycles. The van der Waals surface area contributed by atoms with Crippen LogP contribution < -0.4 is 4.90 Å². The zero-order valence-electron chi connectivity index (χ0n) is 14.0. The molecule has 5 nitrogen and oxygen atoms in total. The summed E-state index contributed by atoms with van der Waals surface area (Å²) in [5, 5.41) is 0. The largest absolute Gasteiger partial charge is 0.310 e. The van der Waals surface area contributed by atoms with Crippen LogP contribution in [0, 0.1) is 5.82 Å². The number of rotatable bonds is 3. The van der Waals surface area contributed by atoms with Crippen molar-refractivity contribution >= 4 is 17.4 Å². The number of hydrogen-bond acceptors (Lipinski definition) is 3. The zero-order chi connectivity index (χ0) is 18.1. The number of imidazole rings is 1. The van der Waals surface area contributed by atoms with Crippen LogP contribution in [0.3, 0.4) is 0 Å². The number of fused-ring (bicyclic) bond motifs is 1. The maximum atomic E-state index is 13.2. The fourth-order valence-electron chi connectivity index (χ4n) is 2.83. The maximum Gasteiger partial charge on any atom is 0.277 e. The molecule has 2 aromatic carbocycles. The first-order chi connectivity index (χ1) is 12.6. The second-order valence-electron chi connectivity index (χ2n) is 5.81. The van der Waals surface area contributed by atoms with Crippen LogP contribution in [0.2, 0.25) is 0 Å². The molecule has 26 heavy (non-hydrogen) atoms. The summed E-state index contributed by atoms with van der Waals surface area (Å²) in [5.74, 6) is -0.156. The Kier molecular flexibility index (Phi) is 3.93. The van der Waals surface area contributed by atoms with Crippen LogP contribution in [0.15, 0.2) is 73.1 Å². The monoisotopic (exact) mass is 346 g/mol. The molecule has 0 saturated carbocycles. The first-order valence-electron chi connectivity index (χ1n) is 8.07. The average molecular weight is 346 g/mol. The first-order valence-corrected chi connectivity index (χ1v) is 8.07. The third-order valence-corrected chi connectivity index (χ3v) is 4.17. The standard InChI is InChI=1S/C20H15FN4O/c1-24(16-10-8-15(21)9-11-16)19(26)18-17(14-6-3-2-4-7-14)23-20-22-12-5-13-25(18)20/h2-13H,1H3. The van der Waals surface area contributed by atoms with Crippen molar-refractivity contribution in [3.8, 4) is 11.3 Å². The Bertz CT molecular complexity index is 1070. The lowest BCUT2D eigenvalue weighted by molar-refractivity contribution is 0.0988. The minimum absolute atomic E-state index is 0.254. The van der Waals surface area contributed by atoms with Gasteiger partial charge in [-0.3, -0.25) is 9.20 Å². The van der Waals surface area contributed by atoms with Crippen LogP contribution in [-0.4, -0.2) is 27.3 Å². The molecular formula is C20H15FN4O. The van der Waals surface area contributed by atoms with Gasteiger partial charge in [0.1, 0.15) is 17.2 Å². The van der Waals surface area contributed by atoms with Crippen molar-refractivity contribution in [1.82, 2.24) is 14.4 Å². The fourth-order valence-corrected chi connectivity index (χ4v) is 2.83. The molecular weight excluding hydrogens is 331 g/mol. The van der Waals surface area contributed by atoms with Crippen LogP contribution in [0.4, 0.5) is 10.1 Å². The van der Waals surface area contributed by atoms with Gasteiger partial charge in [0.05, 0.1) is 0 Å². The van der Waals surface area contributed by atoms with E-state index in [2.05, 4.69) is 9.97 Å². The van der Waals surface area contributed by atoms with Crippen LogP contribution in [0.25, 0.3) is 17.0 Å². The van der Waals surface area contributed by atoms with Gasteiger partial charge in [-0.1, -0.05) is 30.3 Å². The van der Waals surface area contributed by atoms with Gasteiger partial charge in [-0.05, 0) is 30.3 Å². The predicted octanol–water partition coefficient (Wildman–Crippen LogP) is 3.81. The number of aromatic nitrogens is 3. The second kappa shape index (κ2) is 6.40. The summed E-state index contributed by atoms with van der Waals surface area (Å²) in [4.78, 5) is 23.5. The Hall–Kier alpha value is -3.54. The molecule has 1 amide bonds. The summed E-state index contributed by atoms with van der Waals surface area (Å²) >= 11 is 0. The van der Waals surface area contributed by atoms with E-state index in [1.54, 1.807) is 42.0 Å². The van der Waals surface area contributed by atoms with Gasteiger partial charge in [0.2, 0.25) is 5.78 Å². The molecule has 0 radical (unpaired) electrons. The molecule has 0 N–H and O–H groups in total. The van der Waals surface area contributed by atoms with Gasteiger partial charge < -0.3 is 4.90 Å². The maximum absolute atomic E-state index is 13.2. The molecule has 2 aromatic heterocycles. The van der Waals surface area contributed by atoms with E-state index < -0.39 is 0 Å². The Balaban J connectivity index is 1.87. The van der Waals surface area contributed by atoms with Crippen LogP contribution in [-0.2, 0) is 0 Å². The highest BCUT2D eigenvalue weighted by Gasteiger charge is 2.24. The summed E-state index contributed by atoms with van der Waals surface area (Å²) < 4.78 is 14.9. The van der Waals surface area contributed by atoms with E-state index in [-0.39, 0.29) is 11.7 Å². The lowest BCUT2D eigenvalue weighted by atomic mass is 10.1. The number of carbonyl (C=O) groups is 1. The van der Waals surface area contributed by atoms with E-state index >= 15 is 0 Å². The molecule has 0 aliphatic carbocycles. The van der Waals surface area contributed by atoms with Gasteiger partial charge >= 0.3 is 0 Å². The van der Waals surface area contributed by atoms with Crippen LogP contribution in [0.1, 0.15) is 10.5 Å². The fraction of sp³-hybridized carbons (Fsp3) is 0.0500. The molecule has 6 heteroatoms. The second-order valence-corrected chi connectivity index (χ2v) is 5.81. The number of amides is 1. The summed E-state index contributed by atoms with van der Waals surface area (Å²) in [7, 11) is 1.65. The number of benzene rings is 2. The molecule has 0 bridgehead atoms. The smallest absolute Gasteiger partial charge is 0.277 e. The Morgan fingerprint density at radius 2 is 1.77 bits per heavy atom. The molecule has 0 aliphatic heterocycles. The molecule has 0 fully saturated rings. The highest BCUT2D eigenvalue weighted by molar-refractivity contribution is 6.08. The number of carbonyl (C=O) groups excluding carboxylic acids is 1. The van der Waals surface area contributed by atoms with Gasteiger partial charge in [-0.15, -0.1) is 0 Å². The molecule has 0 saturated heterocycles. The minimum Gasteiger partial charge on any atom is -0.310 e. The highest BCUT2D eigenvalue weighted by Crippen LogP contribution is 2.26. The van der Waals surface area contributed by atoms with Crippen LogP contribution >= 0.6 is 0 Å². The average Bonchev–Trinajstić information content (AvgIpc) is 3.08. The van der Waals surface area contributed by atoms with E-state index in [1.807, 2.05) is 30.3 Å². The lowest BCUT2D eigenvalue weighted by Crippen LogP contribution is -2.28. The number of anilines is 1. The van der Waals surface area contributed by atoms with Crippen molar-refractivity contribution in [3.05, 3.63) is 84.6 Å². The van der Waals surface area contributed by atoms with E-state index in [1.165, 1.54) is 17.0 Å². The van der Waals surface area contributed by atoms with Crippen molar-refractivity contribution in [2.75, 3.05) is 11.9 Å². The highest BCUT2D eigenvalue weighted by atomic mass is 19.1. The van der Waals surface area contributed by atoms with Gasteiger partial charge in [0, 0.05) is 30.7 Å². The van der Waals surface area contributed by atoms with E-state index in [0.717, 1.165) is 5.56 Å². The third-order valence-electron chi connectivity index (χ3n) is 4.17. The minimum atomic E-state index is -0.349. The van der Waals surface area contributed by atoms with E-state index in [4.69, 9.17) is 0 Å². The van der Waals surface area contributed by atoms with Crippen molar-refractivity contribution in [3.63, 3.8) is 0 Å². The number of hydrogen-bond donors (Lipinski definition) is 0. The Labute approximate surface area is 149 Å². The molecule has 4 rings (SSSR count). The SMILES string of the molecule is CN(C(=O)c1c(-c2ccccc2)nc2ncccn12)c1ccc(F)cc1. The molecule has 128 valence electrons. The topological polar surface area (TPSA) is 50.5 Å². The molecule has 0 atom stereocenters. The first kappa shape index (κ1) is 16.0. The van der Waals surface area contributed by atoms with Gasteiger partial charge in [-0.25, -0.2) is 14.4 Å². The normalized spacial score (nSPS) is 10.8. The summed E-state index contributed by atoms with van der Waals surface area (Å²) in [6.45, 7) is 0. The third kappa shape index (κ3) is 2.71. The molecule has 0 unspecified atom stereocenters. The summed E-state index contributed by atoms with van der Waals surface area (Å²) in [5.41, 5.74) is 2.39. The summed E-state index contributed by atoms with van der Waals surface area (Å²) in [6, 6.07) is 17.0. The van der Waals surface area contributed by atoms with Crippen molar-refractivity contribution in [2.24, 2.45) is 0 Å². The summed E-state index contributed by atoms with van der Waals surface area (Å²) in [6.07, 6.45) is 3.39. The lowest BCUT2D eigenvalue weighted by Gasteiger charge is -2.18. The van der Waals surface area contributed by atoms with Gasteiger partial charge in [0.25, 0.3) is 5.91 Å². The zero-order valence-corrected chi connectivity index (χ0v) is 14.0. The van der Waals surface area contributed by atoms with Crippen molar-refractivity contribution in [2.45, 2.75) is 0 Å². The van der Waals surface area contributed by atoms with E-state index in [0.29, 0.717) is 22.9 Å². The van der Waals surface area contributed by atoms with Crippen molar-refractivity contribution < 1.29 is 9.18 Å². The molecule has 0 spiro atoms. The van der Waals surface area contributed by atoms with Crippen molar-refractivity contribution in [1.29, 1.82) is 0 Å². The van der Waals surface area contributed by atoms with Crippen LogP contribution in [0.5, 0.6) is 0 Å². The predicted molar refractivity (Wildman–Crippen MR) is 97.6 cm³/mol. The quantitative estimate of drug-likeness (QED) is 0.567.